The number of carboxylic acids is 1. The average Bonchev–Trinajstić information content (AvgIpc) is 2.20. The molecule has 1 aromatic carbocycles. The zero-order chi connectivity index (χ0) is 13.2. The maximum atomic E-state index is 13.3. The predicted octanol–water partition coefficient (Wildman–Crippen LogP) is 0.742. The van der Waals surface area contributed by atoms with Gasteiger partial charge in [-0.3, -0.25) is 4.72 Å². The second-order valence-corrected chi connectivity index (χ2v) is 5.27. The van der Waals surface area contributed by atoms with Crippen molar-refractivity contribution in [1.82, 2.24) is 4.31 Å². The van der Waals surface area contributed by atoms with Crippen molar-refractivity contribution in [3.8, 4) is 0 Å². The SMILES string of the molecule is CN(C)S(=O)(=O)Nc1cc(C(=O)O)ccc1F. The first-order chi connectivity index (χ1) is 7.74. The lowest BCUT2D eigenvalue weighted by molar-refractivity contribution is 0.0697. The molecular weight excluding hydrogens is 251 g/mol. The van der Waals surface area contributed by atoms with Gasteiger partial charge in [0.2, 0.25) is 0 Å². The van der Waals surface area contributed by atoms with Crippen LogP contribution in [-0.4, -0.2) is 37.9 Å². The molecule has 0 aliphatic heterocycles. The zero-order valence-electron chi connectivity index (χ0n) is 9.14. The van der Waals surface area contributed by atoms with E-state index in [2.05, 4.69) is 0 Å². The Morgan fingerprint density at radius 2 is 2.00 bits per heavy atom. The van der Waals surface area contributed by atoms with Crippen LogP contribution in [0, 0.1) is 5.82 Å². The summed E-state index contributed by atoms with van der Waals surface area (Å²) in [6.45, 7) is 0. The fourth-order valence-corrected chi connectivity index (χ4v) is 1.58. The topological polar surface area (TPSA) is 86.7 Å². The number of nitrogens with zero attached hydrogens (tertiary/aromatic N) is 1. The summed E-state index contributed by atoms with van der Waals surface area (Å²) in [5, 5.41) is 8.70. The molecule has 0 unspecified atom stereocenters. The van der Waals surface area contributed by atoms with Crippen molar-refractivity contribution in [2.24, 2.45) is 0 Å². The van der Waals surface area contributed by atoms with Crippen molar-refractivity contribution < 1.29 is 22.7 Å². The van der Waals surface area contributed by atoms with Crippen molar-refractivity contribution in [1.29, 1.82) is 0 Å². The van der Waals surface area contributed by atoms with Gasteiger partial charge in [-0.25, -0.2) is 9.18 Å². The molecule has 0 aliphatic carbocycles. The molecule has 0 atom stereocenters. The number of carboxylic acid groups (broad SMARTS) is 1. The van der Waals surface area contributed by atoms with Crippen LogP contribution >= 0.6 is 0 Å². The molecule has 0 spiro atoms. The van der Waals surface area contributed by atoms with Crippen LogP contribution in [0.15, 0.2) is 18.2 Å². The Hall–Kier alpha value is -1.67. The summed E-state index contributed by atoms with van der Waals surface area (Å²) >= 11 is 0. The molecule has 0 fully saturated rings. The monoisotopic (exact) mass is 262 g/mol. The molecule has 0 aromatic heterocycles. The molecule has 8 heteroatoms. The number of hydrogen-bond acceptors (Lipinski definition) is 3. The van der Waals surface area contributed by atoms with Crippen LogP contribution in [0.5, 0.6) is 0 Å². The summed E-state index contributed by atoms with van der Waals surface area (Å²) in [6, 6.07) is 2.85. The van der Waals surface area contributed by atoms with Gasteiger partial charge in [-0.2, -0.15) is 12.7 Å². The van der Waals surface area contributed by atoms with E-state index in [1.165, 1.54) is 14.1 Å². The number of carbonyl (C=O) groups is 1. The van der Waals surface area contributed by atoms with E-state index in [1.54, 1.807) is 0 Å². The Bertz CT molecular complexity index is 542. The van der Waals surface area contributed by atoms with Crippen LogP contribution in [0.4, 0.5) is 10.1 Å². The smallest absolute Gasteiger partial charge is 0.335 e. The first-order valence-electron chi connectivity index (χ1n) is 4.47. The average molecular weight is 262 g/mol. The normalized spacial score (nSPS) is 11.5. The first-order valence-corrected chi connectivity index (χ1v) is 5.91. The number of aromatic carboxylic acids is 1. The lowest BCUT2D eigenvalue weighted by atomic mass is 10.2. The van der Waals surface area contributed by atoms with Gasteiger partial charge in [-0.1, -0.05) is 0 Å². The van der Waals surface area contributed by atoms with Gasteiger partial charge in [0.05, 0.1) is 11.3 Å². The predicted molar refractivity (Wildman–Crippen MR) is 59.6 cm³/mol. The third kappa shape index (κ3) is 3.14. The fourth-order valence-electron chi connectivity index (χ4n) is 0.967. The maximum absolute atomic E-state index is 13.3. The van der Waals surface area contributed by atoms with Crippen molar-refractivity contribution in [3.05, 3.63) is 29.6 Å². The summed E-state index contributed by atoms with van der Waals surface area (Å²) in [4.78, 5) is 10.7. The van der Waals surface area contributed by atoms with Crippen LogP contribution in [0.25, 0.3) is 0 Å². The standard InChI is InChI=1S/C9H11FN2O4S/c1-12(2)17(15,16)11-8-5-6(9(13)14)3-4-7(8)10/h3-5,11H,1-2H3,(H,13,14). The van der Waals surface area contributed by atoms with Gasteiger partial charge >= 0.3 is 16.2 Å². The second-order valence-electron chi connectivity index (χ2n) is 3.39. The molecule has 0 bridgehead atoms. The minimum atomic E-state index is -3.87. The van der Waals surface area contributed by atoms with Gasteiger partial charge in [0.25, 0.3) is 0 Å². The van der Waals surface area contributed by atoms with Gasteiger partial charge in [-0.05, 0) is 18.2 Å². The highest BCUT2D eigenvalue weighted by atomic mass is 32.2. The van der Waals surface area contributed by atoms with E-state index in [4.69, 9.17) is 5.11 Å². The molecule has 17 heavy (non-hydrogen) atoms. The molecule has 0 saturated carbocycles. The second kappa shape index (κ2) is 4.68. The molecule has 1 aromatic rings. The summed E-state index contributed by atoms with van der Waals surface area (Å²) < 4.78 is 38.9. The maximum Gasteiger partial charge on any atom is 0.335 e. The molecule has 0 heterocycles. The van der Waals surface area contributed by atoms with Gasteiger partial charge in [0.1, 0.15) is 5.82 Å². The number of nitrogens with one attached hydrogen (secondary N) is 1. The van der Waals surface area contributed by atoms with E-state index in [0.717, 1.165) is 22.5 Å². The number of halogens is 1. The Labute approximate surface area is 97.9 Å². The van der Waals surface area contributed by atoms with Crippen LogP contribution in [0.2, 0.25) is 0 Å². The lowest BCUT2D eigenvalue weighted by Gasteiger charge is -2.14. The largest absolute Gasteiger partial charge is 0.478 e. The highest BCUT2D eigenvalue weighted by molar-refractivity contribution is 7.90. The molecule has 94 valence electrons. The van der Waals surface area contributed by atoms with Gasteiger partial charge < -0.3 is 5.11 Å². The number of rotatable bonds is 4. The van der Waals surface area contributed by atoms with E-state index in [1.807, 2.05) is 4.72 Å². The third-order valence-electron chi connectivity index (χ3n) is 1.93. The Balaban J connectivity index is 3.15. The van der Waals surface area contributed by atoms with E-state index in [-0.39, 0.29) is 5.56 Å². The van der Waals surface area contributed by atoms with Crippen molar-refractivity contribution in [3.63, 3.8) is 0 Å². The van der Waals surface area contributed by atoms with Crippen molar-refractivity contribution in [2.75, 3.05) is 18.8 Å². The van der Waals surface area contributed by atoms with E-state index in [0.29, 0.717) is 0 Å². The van der Waals surface area contributed by atoms with Gasteiger partial charge in [-0.15, -0.1) is 0 Å². The highest BCUT2D eigenvalue weighted by Crippen LogP contribution is 2.18. The fraction of sp³-hybridized carbons (Fsp3) is 0.222. The minimum absolute atomic E-state index is 0.206. The molecule has 6 nitrogen and oxygen atoms in total. The molecule has 1 rings (SSSR count). The van der Waals surface area contributed by atoms with Crippen LogP contribution in [0.3, 0.4) is 0 Å². The number of hydrogen-bond donors (Lipinski definition) is 2. The Kier molecular flexibility index (Phi) is 3.69. The van der Waals surface area contributed by atoms with Crippen molar-refractivity contribution in [2.45, 2.75) is 0 Å². The quantitative estimate of drug-likeness (QED) is 0.838. The molecule has 2 N–H and O–H groups in total. The van der Waals surface area contributed by atoms with Crippen LogP contribution in [0.1, 0.15) is 10.4 Å². The lowest BCUT2D eigenvalue weighted by Crippen LogP contribution is -2.29. The van der Waals surface area contributed by atoms with Crippen molar-refractivity contribution >= 4 is 21.9 Å². The molecule has 0 amide bonds. The highest BCUT2D eigenvalue weighted by Gasteiger charge is 2.17. The van der Waals surface area contributed by atoms with E-state index < -0.39 is 27.7 Å². The van der Waals surface area contributed by atoms with E-state index >= 15 is 0 Å². The molecular formula is C9H11FN2O4S. The van der Waals surface area contributed by atoms with E-state index in [9.17, 15) is 17.6 Å². The van der Waals surface area contributed by atoms with Crippen LogP contribution < -0.4 is 4.72 Å². The first kappa shape index (κ1) is 13.4. The Morgan fingerprint density at radius 3 is 2.47 bits per heavy atom. The summed E-state index contributed by atoms with van der Waals surface area (Å²) in [5.41, 5.74) is -0.610. The zero-order valence-corrected chi connectivity index (χ0v) is 9.95. The third-order valence-corrected chi connectivity index (χ3v) is 3.37. The van der Waals surface area contributed by atoms with Crippen LogP contribution in [-0.2, 0) is 10.2 Å². The summed E-state index contributed by atoms with van der Waals surface area (Å²) in [7, 11) is -1.34. The Morgan fingerprint density at radius 1 is 1.41 bits per heavy atom. The molecule has 0 radical (unpaired) electrons. The number of benzene rings is 1. The summed E-state index contributed by atoms with van der Waals surface area (Å²) in [6.07, 6.45) is 0. The van der Waals surface area contributed by atoms with Gasteiger partial charge in [0.15, 0.2) is 0 Å². The minimum Gasteiger partial charge on any atom is -0.478 e. The van der Waals surface area contributed by atoms with Gasteiger partial charge in [0, 0.05) is 14.1 Å². The summed E-state index contributed by atoms with van der Waals surface area (Å²) in [5.74, 6) is -2.12. The number of anilines is 1. The molecule has 0 saturated heterocycles. The molecule has 0 aliphatic rings.